The minimum atomic E-state index is -1.07. The third kappa shape index (κ3) is 4.98. The van der Waals surface area contributed by atoms with Crippen molar-refractivity contribution >= 4 is 29.5 Å². The smallest absolute Gasteiger partial charge is 0.342 e. The van der Waals surface area contributed by atoms with Gasteiger partial charge in [-0.2, -0.15) is 4.98 Å². The Bertz CT molecular complexity index is 871. The molecular formula is C20H21N5O2S. The molecule has 0 aliphatic rings. The zero-order valence-electron chi connectivity index (χ0n) is 15.7. The van der Waals surface area contributed by atoms with E-state index < -0.39 is 5.97 Å². The summed E-state index contributed by atoms with van der Waals surface area (Å²) in [5.41, 5.74) is 1.96. The van der Waals surface area contributed by atoms with E-state index in [1.165, 1.54) is 11.8 Å². The maximum Gasteiger partial charge on any atom is 0.342 e. The van der Waals surface area contributed by atoms with E-state index >= 15 is 0 Å². The average molecular weight is 395 g/mol. The predicted molar refractivity (Wildman–Crippen MR) is 111 cm³/mol. The number of carboxylic acid groups (broad SMARTS) is 1. The van der Waals surface area contributed by atoms with E-state index in [4.69, 9.17) is 0 Å². The Morgan fingerprint density at radius 3 is 2.50 bits per heavy atom. The number of carboxylic acids is 1. The maximum absolute atomic E-state index is 12.0. The predicted octanol–water partition coefficient (Wildman–Crippen LogP) is 3.54. The number of hydrogen-bond donors (Lipinski definition) is 2. The summed E-state index contributed by atoms with van der Waals surface area (Å²) >= 11 is 1.38. The van der Waals surface area contributed by atoms with Gasteiger partial charge in [-0.05, 0) is 17.7 Å². The molecule has 2 heterocycles. The second-order valence-corrected chi connectivity index (χ2v) is 7.16. The fourth-order valence-corrected chi connectivity index (χ4v) is 3.43. The number of anilines is 2. The van der Waals surface area contributed by atoms with E-state index in [0.29, 0.717) is 23.3 Å². The van der Waals surface area contributed by atoms with Crippen LogP contribution in [0.2, 0.25) is 0 Å². The molecule has 0 fully saturated rings. The summed E-state index contributed by atoms with van der Waals surface area (Å²) in [5, 5.41) is 13.3. The SMILES string of the molecule is CN(C)c1nc(NCc2ccccn2)c(C(=O)O)c(SCc2ccccc2)n1. The topological polar surface area (TPSA) is 91.2 Å². The van der Waals surface area contributed by atoms with Crippen molar-refractivity contribution in [3.63, 3.8) is 0 Å². The van der Waals surface area contributed by atoms with Crippen LogP contribution in [0.15, 0.2) is 59.8 Å². The summed E-state index contributed by atoms with van der Waals surface area (Å²) < 4.78 is 0. The molecule has 0 unspecified atom stereocenters. The number of nitrogens with one attached hydrogen (secondary N) is 1. The summed E-state index contributed by atoms with van der Waals surface area (Å²) in [6.07, 6.45) is 1.70. The van der Waals surface area contributed by atoms with Crippen LogP contribution in [0, 0.1) is 0 Å². The van der Waals surface area contributed by atoms with Gasteiger partial charge in [-0.15, -0.1) is 11.8 Å². The molecule has 0 radical (unpaired) electrons. The Hall–Kier alpha value is -3.13. The molecule has 0 atom stereocenters. The lowest BCUT2D eigenvalue weighted by Gasteiger charge is -2.17. The van der Waals surface area contributed by atoms with Gasteiger partial charge in [0.1, 0.15) is 16.4 Å². The van der Waals surface area contributed by atoms with Crippen molar-refractivity contribution in [1.82, 2.24) is 15.0 Å². The Kier molecular flexibility index (Phi) is 6.44. The molecule has 0 bridgehead atoms. The molecule has 144 valence electrons. The van der Waals surface area contributed by atoms with E-state index in [1.54, 1.807) is 11.1 Å². The summed E-state index contributed by atoms with van der Waals surface area (Å²) in [4.78, 5) is 26.9. The lowest BCUT2D eigenvalue weighted by atomic mass is 10.2. The van der Waals surface area contributed by atoms with Crippen LogP contribution in [-0.4, -0.2) is 40.1 Å². The zero-order valence-corrected chi connectivity index (χ0v) is 16.5. The summed E-state index contributed by atoms with van der Waals surface area (Å²) in [6, 6.07) is 15.5. The quantitative estimate of drug-likeness (QED) is 0.442. The van der Waals surface area contributed by atoms with Gasteiger partial charge in [-0.25, -0.2) is 9.78 Å². The standard InChI is InChI=1S/C20H21N5O2S/c1-25(2)20-23-17(22-12-15-10-6-7-11-21-15)16(19(26)27)18(24-20)28-13-14-8-4-3-5-9-14/h3-11H,12-13H2,1-2H3,(H,26,27)(H,22,23,24). The van der Waals surface area contributed by atoms with Gasteiger partial charge in [0.05, 0.1) is 12.2 Å². The van der Waals surface area contributed by atoms with Gasteiger partial charge in [0.25, 0.3) is 0 Å². The van der Waals surface area contributed by atoms with Crippen LogP contribution in [0.3, 0.4) is 0 Å². The molecule has 0 saturated heterocycles. The highest BCUT2D eigenvalue weighted by atomic mass is 32.2. The van der Waals surface area contributed by atoms with Crippen molar-refractivity contribution in [3.8, 4) is 0 Å². The maximum atomic E-state index is 12.0. The normalized spacial score (nSPS) is 10.5. The molecule has 3 aromatic rings. The van der Waals surface area contributed by atoms with E-state index in [-0.39, 0.29) is 11.4 Å². The highest BCUT2D eigenvalue weighted by Crippen LogP contribution is 2.30. The van der Waals surface area contributed by atoms with Crippen molar-refractivity contribution in [3.05, 3.63) is 71.5 Å². The number of aromatic carboxylic acids is 1. The number of benzene rings is 1. The van der Waals surface area contributed by atoms with Crippen molar-refractivity contribution in [2.24, 2.45) is 0 Å². The van der Waals surface area contributed by atoms with Crippen molar-refractivity contribution in [2.75, 3.05) is 24.3 Å². The molecule has 7 nitrogen and oxygen atoms in total. The monoisotopic (exact) mass is 395 g/mol. The Morgan fingerprint density at radius 2 is 1.86 bits per heavy atom. The number of aromatic nitrogens is 3. The number of hydrogen-bond acceptors (Lipinski definition) is 7. The first-order chi connectivity index (χ1) is 13.5. The zero-order chi connectivity index (χ0) is 19.9. The third-order valence-corrected chi connectivity index (χ3v) is 4.91. The number of rotatable bonds is 8. The lowest BCUT2D eigenvalue weighted by molar-refractivity contribution is 0.0693. The van der Waals surface area contributed by atoms with Gasteiger partial charge in [0.15, 0.2) is 0 Å². The van der Waals surface area contributed by atoms with Crippen LogP contribution in [0.5, 0.6) is 0 Å². The van der Waals surface area contributed by atoms with Crippen LogP contribution in [-0.2, 0) is 12.3 Å². The van der Waals surface area contributed by atoms with Gasteiger partial charge in [-0.3, -0.25) is 4.98 Å². The van der Waals surface area contributed by atoms with Crippen LogP contribution < -0.4 is 10.2 Å². The van der Waals surface area contributed by atoms with Crippen LogP contribution >= 0.6 is 11.8 Å². The van der Waals surface area contributed by atoms with E-state index in [0.717, 1.165) is 11.3 Å². The largest absolute Gasteiger partial charge is 0.477 e. The summed E-state index contributed by atoms with van der Waals surface area (Å²) in [5.74, 6) is 0.283. The molecule has 0 spiro atoms. The molecule has 3 rings (SSSR count). The molecular weight excluding hydrogens is 374 g/mol. The molecule has 0 saturated carbocycles. The number of carbonyl (C=O) groups is 1. The molecule has 2 N–H and O–H groups in total. The van der Waals surface area contributed by atoms with Crippen LogP contribution in [0.25, 0.3) is 0 Å². The second kappa shape index (κ2) is 9.18. The first kappa shape index (κ1) is 19.6. The molecule has 2 aromatic heterocycles. The number of thioether (sulfide) groups is 1. The van der Waals surface area contributed by atoms with E-state index in [1.807, 2.05) is 62.6 Å². The number of nitrogens with zero attached hydrogens (tertiary/aromatic N) is 4. The molecule has 8 heteroatoms. The highest BCUT2D eigenvalue weighted by Gasteiger charge is 2.22. The van der Waals surface area contributed by atoms with Crippen molar-refractivity contribution in [2.45, 2.75) is 17.3 Å². The van der Waals surface area contributed by atoms with Gasteiger partial charge < -0.3 is 15.3 Å². The fraction of sp³-hybridized carbons (Fsp3) is 0.200. The van der Waals surface area contributed by atoms with Crippen LogP contribution in [0.1, 0.15) is 21.6 Å². The van der Waals surface area contributed by atoms with Gasteiger partial charge >= 0.3 is 5.97 Å². The average Bonchev–Trinajstić information content (AvgIpc) is 2.71. The summed E-state index contributed by atoms with van der Waals surface area (Å²) in [6.45, 7) is 0.369. The Labute approximate surface area is 167 Å². The van der Waals surface area contributed by atoms with Crippen molar-refractivity contribution < 1.29 is 9.90 Å². The molecule has 28 heavy (non-hydrogen) atoms. The van der Waals surface area contributed by atoms with E-state index in [9.17, 15) is 9.90 Å². The Balaban J connectivity index is 1.92. The lowest BCUT2D eigenvalue weighted by Crippen LogP contribution is -2.18. The molecule has 0 aliphatic heterocycles. The van der Waals surface area contributed by atoms with Gasteiger partial charge in [0, 0.05) is 26.0 Å². The molecule has 1 aromatic carbocycles. The highest BCUT2D eigenvalue weighted by molar-refractivity contribution is 7.98. The van der Waals surface area contributed by atoms with E-state index in [2.05, 4.69) is 20.3 Å². The molecule has 0 amide bonds. The fourth-order valence-electron chi connectivity index (χ4n) is 2.46. The third-order valence-electron chi connectivity index (χ3n) is 3.86. The van der Waals surface area contributed by atoms with Gasteiger partial charge in [-0.1, -0.05) is 36.4 Å². The summed E-state index contributed by atoms with van der Waals surface area (Å²) in [7, 11) is 3.65. The number of pyridine rings is 1. The molecule has 0 aliphatic carbocycles. The minimum absolute atomic E-state index is 0.0717. The second-order valence-electron chi connectivity index (χ2n) is 6.20. The Morgan fingerprint density at radius 1 is 1.11 bits per heavy atom. The van der Waals surface area contributed by atoms with Crippen LogP contribution in [0.4, 0.5) is 11.8 Å². The minimum Gasteiger partial charge on any atom is -0.477 e. The first-order valence-corrected chi connectivity index (χ1v) is 9.66. The first-order valence-electron chi connectivity index (χ1n) is 8.67. The van der Waals surface area contributed by atoms with Crippen molar-refractivity contribution in [1.29, 1.82) is 0 Å². The van der Waals surface area contributed by atoms with Gasteiger partial charge in [0.2, 0.25) is 5.95 Å².